The average molecular weight is 420 g/mol. The molecule has 1 aliphatic rings. The van der Waals surface area contributed by atoms with Crippen LogP contribution >= 0.6 is 23.2 Å². The Labute approximate surface area is 174 Å². The largest absolute Gasteiger partial charge is 0.497 e. The van der Waals surface area contributed by atoms with Gasteiger partial charge in [-0.1, -0.05) is 36.2 Å². The van der Waals surface area contributed by atoms with Gasteiger partial charge in [-0.15, -0.1) is 0 Å². The smallest absolute Gasteiger partial charge is 0.211 e. The van der Waals surface area contributed by atoms with E-state index in [1.54, 1.807) is 7.11 Å². The summed E-state index contributed by atoms with van der Waals surface area (Å²) in [6, 6.07) is 9.39. The van der Waals surface area contributed by atoms with Crippen LogP contribution in [0.5, 0.6) is 5.75 Å². The lowest BCUT2D eigenvalue weighted by Crippen LogP contribution is -2.20. The summed E-state index contributed by atoms with van der Waals surface area (Å²) in [6.45, 7) is 3.59. The van der Waals surface area contributed by atoms with Crippen molar-refractivity contribution in [1.82, 2.24) is 9.55 Å². The van der Waals surface area contributed by atoms with E-state index in [0.717, 1.165) is 54.2 Å². The molecule has 1 aliphatic heterocycles. The van der Waals surface area contributed by atoms with Crippen molar-refractivity contribution < 1.29 is 9.84 Å². The van der Waals surface area contributed by atoms with Crippen LogP contribution in [0.4, 0.5) is 11.6 Å². The number of aliphatic hydroxyl groups excluding tert-OH is 1. The minimum atomic E-state index is -0.554. The van der Waals surface area contributed by atoms with Crippen LogP contribution in [-0.4, -0.2) is 28.3 Å². The molecule has 0 bridgehead atoms. The molecule has 0 fully saturated rings. The van der Waals surface area contributed by atoms with E-state index < -0.39 is 6.10 Å². The van der Waals surface area contributed by atoms with Gasteiger partial charge in [0.05, 0.1) is 34.5 Å². The van der Waals surface area contributed by atoms with E-state index >= 15 is 0 Å². The lowest BCUT2D eigenvalue weighted by molar-refractivity contribution is 0.175. The molecule has 0 saturated heterocycles. The van der Waals surface area contributed by atoms with Crippen LogP contribution in [0.1, 0.15) is 37.9 Å². The third-order valence-electron chi connectivity index (χ3n) is 5.30. The molecule has 2 aromatic carbocycles. The Kier molecular flexibility index (Phi) is 5.41. The van der Waals surface area contributed by atoms with Gasteiger partial charge in [0.1, 0.15) is 11.3 Å². The van der Waals surface area contributed by atoms with E-state index in [0.29, 0.717) is 22.2 Å². The second-order valence-corrected chi connectivity index (χ2v) is 7.81. The van der Waals surface area contributed by atoms with Crippen LogP contribution in [0.2, 0.25) is 10.0 Å². The van der Waals surface area contributed by atoms with Gasteiger partial charge in [0.2, 0.25) is 5.95 Å². The number of ether oxygens (including phenoxy) is 1. The van der Waals surface area contributed by atoms with Crippen LogP contribution in [0, 0.1) is 0 Å². The van der Waals surface area contributed by atoms with Gasteiger partial charge in [-0.05, 0) is 37.5 Å². The Bertz CT molecular complexity index is 1020. The van der Waals surface area contributed by atoms with Crippen molar-refractivity contribution in [2.45, 2.75) is 38.8 Å². The number of hydrogen-bond acceptors (Lipinski definition) is 4. The predicted octanol–water partition coefficient (Wildman–Crippen LogP) is 5.73. The van der Waals surface area contributed by atoms with Crippen molar-refractivity contribution in [2.24, 2.45) is 0 Å². The van der Waals surface area contributed by atoms with Crippen LogP contribution in [-0.2, 0) is 6.54 Å². The molecule has 5 nitrogen and oxygen atoms in total. The van der Waals surface area contributed by atoms with Crippen LogP contribution < -0.4 is 9.64 Å². The minimum Gasteiger partial charge on any atom is -0.497 e. The summed E-state index contributed by atoms with van der Waals surface area (Å²) >= 11 is 13.1. The summed E-state index contributed by atoms with van der Waals surface area (Å²) < 4.78 is 7.45. The van der Waals surface area contributed by atoms with Crippen molar-refractivity contribution >= 4 is 45.9 Å². The molecule has 0 amide bonds. The fraction of sp³-hybridized carbons (Fsp3) is 0.381. The second-order valence-electron chi connectivity index (χ2n) is 7.00. The molecule has 28 heavy (non-hydrogen) atoms. The minimum absolute atomic E-state index is 0.554. The zero-order valence-electron chi connectivity index (χ0n) is 16.0. The first-order valence-electron chi connectivity index (χ1n) is 9.53. The number of anilines is 2. The van der Waals surface area contributed by atoms with Gasteiger partial charge < -0.3 is 19.3 Å². The Balaban J connectivity index is 1.93. The van der Waals surface area contributed by atoms with Crippen LogP contribution in [0.15, 0.2) is 30.3 Å². The second kappa shape index (κ2) is 7.82. The Morgan fingerprint density at radius 2 is 1.93 bits per heavy atom. The number of aromatic nitrogens is 2. The summed E-state index contributed by atoms with van der Waals surface area (Å²) in [5.74, 6) is 1.52. The molecule has 148 valence electrons. The number of aryl methyl sites for hydroxylation is 1. The Morgan fingerprint density at radius 1 is 1.14 bits per heavy atom. The van der Waals surface area contributed by atoms with Gasteiger partial charge >= 0.3 is 0 Å². The monoisotopic (exact) mass is 419 g/mol. The van der Waals surface area contributed by atoms with Gasteiger partial charge in [0.25, 0.3) is 0 Å². The maximum absolute atomic E-state index is 10.6. The third-order valence-corrected chi connectivity index (χ3v) is 5.91. The van der Waals surface area contributed by atoms with E-state index in [2.05, 4.69) is 9.47 Å². The quantitative estimate of drug-likeness (QED) is 0.586. The lowest BCUT2D eigenvalue weighted by atomic mass is 10.1. The number of rotatable bonds is 4. The molecule has 3 aromatic rings. The highest BCUT2D eigenvalue weighted by molar-refractivity contribution is 6.35. The highest BCUT2D eigenvalue weighted by atomic mass is 35.5. The van der Waals surface area contributed by atoms with Gasteiger partial charge in [0, 0.05) is 24.7 Å². The summed E-state index contributed by atoms with van der Waals surface area (Å²) in [6.07, 6.45) is 2.10. The molecule has 1 unspecified atom stereocenters. The van der Waals surface area contributed by atoms with Gasteiger partial charge in [-0.2, -0.15) is 0 Å². The number of halogens is 2. The summed E-state index contributed by atoms with van der Waals surface area (Å²) in [5.41, 5.74) is 3.38. The number of nitrogens with zero attached hydrogens (tertiary/aromatic N) is 3. The fourth-order valence-corrected chi connectivity index (χ4v) is 4.30. The molecule has 1 N–H and O–H groups in total. The van der Waals surface area contributed by atoms with E-state index in [1.807, 2.05) is 37.3 Å². The highest BCUT2D eigenvalue weighted by Crippen LogP contribution is 2.40. The van der Waals surface area contributed by atoms with Crippen molar-refractivity contribution in [2.75, 3.05) is 18.6 Å². The molecule has 1 aromatic heterocycles. The standard InChI is InChI=1S/C21H23Cl2N3O2/c1-3-18(27)14-7-8-15(22)19-20(14)26-11-5-4-10-25(21(26)24-19)17-9-6-13(28-2)12-16(17)23/h6-9,12,18,27H,3-5,10-11H2,1-2H3. The van der Waals surface area contributed by atoms with Gasteiger partial charge in [0.15, 0.2) is 0 Å². The normalized spacial score (nSPS) is 15.4. The fourth-order valence-electron chi connectivity index (χ4n) is 3.83. The molecule has 0 spiro atoms. The first kappa shape index (κ1) is 19.4. The zero-order valence-corrected chi connectivity index (χ0v) is 17.5. The third kappa shape index (κ3) is 3.21. The van der Waals surface area contributed by atoms with E-state index in [-0.39, 0.29) is 0 Å². The number of hydrogen-bond donors (Lipinski definition) is 1. The lowest BCUT2D eigenvalue weighted by Gasteiger charge is -2.23. The summed E-state index contributed by atoms with van der Waals surface area (Å²) in [5, 5.41) is 11.8. The van der Waals surface area contributed by atoms with E-state index in [4.69, 9.17) is 32.9 Å². The highest BCUT2D eigenvalue weighted by Gasteiger charge is 2.26. The van der Waals surface area contributed by atoms with Crippen molar-refractivity contribution in [3.8, 4) is 5.75 Å². The molecular formula is C21H23Cl2N3O2. The summed E-state index contributed by atoms with van der Waals surface area (Å²) in [4.78, 5) is 7.02. The first-order valence-corrected chi connectivity index (χ1v) is 10.3. The topological polar surface area (TPSA) is 50.5 Å². The summed E-state index contributed by atoms with van der Waals surface area (Å²) in [7, 11) is 1.62. The van der Waals surface area contributed by atoms with E-state index in [1.165, 1.54) is 0 Å². The van der Waals surface area contributed by atoms with Crippen LogP contribution in [0.25, 0.3) is 11.0 Å². The maximum Gasteiger partial charge on any atom is 0.211 e. The Morgan fingerprint density at radius 3 is 2.64 bits per heavy atom. The molecule has 2 heterocycles. The number of methoxy groups -OCH3 is 1. The van der Waals surface area contributed by atoms with Gasteiger partial charge in [-0.3, -0.25) is 0 Å². The number of benzene rings is 2. The van der Waals surface area contributed by atoms with Crippen molar-refractivity contribution in [1.29, 1.82) is 0 Å². The van der Waals surface area contributed by atoms with Crippen LogP contribution in [0.3, 0.4) is 0 Å². The molecule has 4 rings (SSSR count). The molecule has 0 aliphatic carbocycles. The molecular weight excluding hydrogens is 397 g/mol. The first-order chi connectivity index (χ1) is 13.5. The zero-order chi connectivity index (χ0) is 19.8. The molecule has 0 saturated carbocycles. The van der Waals surface area contributed by atoms with Crippen molar-refractivity contribution in [3.05, 3.63) is 45.9 Å². The Hall–Kier alpha value is -1.95. The van der Waals surface area contributed by atoms with Gasteiger partial charge in [-0.25, -0.2) is 4.98 Å². The number of aliphatic hydroxyl groups is 1. The molecule has 7 heteroatoms. The van der Waals surface area contributed by atoms with Crippen molar-refractivity contribution in [3.63, 3.8) is 0 Å². The molecule has 1 atom stereocenters. The molecule has 0 radical (unpaired) electrons. The maximum atomic E-state index is 10.6. The number of fused-ring (bicyclic) bond motifs is 3. The SMILES string of the molecule is CCC(O)c1ccc(Cl)c2nc3n(c12)CCCCN3c1ccc(OC)cc1Cl. The number of imidazole rings is 1. The average Bonchev–Trinajstić information content (AvgIpc) is 2.96. The predicted molar refractivity (Wildman–Crippen MR) is 114 cm³/mol. The van der Waals surface area contributed by atoms with E-state index in [9.17, 15) is 5.11 Å².